The van der Waals surface area contributed by atoms with Crippen LogP contribution in [0.15, 0.2) is 9.95 Å². The Kier molecular flexibility index (Phi) is 5.36. The van der Waals surface area contributed by atoms with Crippen LogP contribution in [0, 0.1) is 0 Å². The first-order valence-corrected chi connectivity index (χ1v) is 10.4. The lowest BCUT2D eigenvalue weighted by Gasteiger charge is -2.23. The number of aliphatic carboxylic acids is 1. The Balaban J connectivity index is 1.69. The van der Waals surface area contributed by atoms with E-state index < -0.39 is 36.7 Å². The van der Waals surface area contributed by atoms with E-state index in [0.717, 1.165) is 12.2 Å². The molecule has 4 atom stereocenters. The lowest BCUT2D eigenvalue weighted by atomic mass is 10.2. The summed E-state index contributed by atoms with van der Waals surface area (Å²) in [7, 11) is 0. The fraction of sp³-hybridized carbons (Fsp3) is 0.706. The number of aromatic amines is 1. The second kappa shape index (κ2) is 7.67. The second-order valence-electron chi connectivity index (χ2n) is 7.54. The van der Waals surface area contributed by atoms with Crippen molar-refractivity contribution in [1.29, 1.82) is 0 Å². The van der Waals surface area contributed by atoms with Gasteiger partial charge in [0.15, 0.2) is 22.1 Å². The third kappa shape index (κ3) is 3.89. The summed E-state index contributed by atoms with van der Waals surface area (Å²) in [6, 6.07) is -0.358. The summed E-state index contributed by atoms with van der Waals surface area (Å²) in [5, 5.41) is 17.6. The monoisotopic (exact) mass is 425 g/mol. The van der Waals surface area contributed by atoms with Crippen molar-refractivity contribution >= 4 is 28.9 Å². The number of nitrogens with zero attached hydrogens (tertiary/aromatic N) is 4. The Morgan fingerprint density at radius 2 is 2.17 bits per heavy atom. The topological polar surface area (TPSA) is 141 Å². The summed E-state index contributed by atoms with van der Waals surface area (Å²) in [5.41, 5.74) is 0.163. The van der Waals surface area contributed by atoms with Crippen LogP contribution in [-0.2, 0) is 19.0 Å². The Morgan fingerprint density at radius 1 is 1.41 bits per heavy atom. The molecule has 4 rings (SSSR count). The molecule has 2 aromatic rings. The number of ether oxygens (including phenoxy) is 3. The van der Waals surface area contributed by atoms with E-state index in [0.29, 0.717) is 17.2 Å². The standard InChI is InChI=1S/C17H23N5O6S/c1-4-5-29-16-18-14-11(15(25)19-16)20-21-22(14)8-6-9(26-7-10(23)24)13-12(8)27-17(2,3)28-13/h8-9,12-13H,4-7H2,1-3H3,(H,23,24)(H,18,19,25)/t8-,9+,12+,13-/m1/s1. The number of carboxylic acids is 1. The Morgan fingerprint density at radius 3 is 2.90 bits per heavy atom. The largest absolute Gasteiger partial charge is 0.480 e. The molecule has 158 valence electrons. The van der Waals surface area contributed by atoms with Crippen molar-refractivity contribution in [3.05, 3.63) is 10.4 Å². The van der Waals surface area contributed by atoms with E-state index in [1.165, 1.54) is 11.8 Å². The van der Waals surface area contributed by atoms with Crippen LogP contribution >= 0.6 is 11.8 Å². The highest BCUT2D eigenvalue weighted by atomic mass is 32.2. The quantitative estimate of drug-likeness (QED) is 0.486. The van der Waals surface area contributed by atoms with Crippen molar-refractivity contribution in [1.82, 2.24) is 25.0 Å². The molecule has 0 amide bonds. The number of hydrogen-bond donors (Lipinski definition) is 2. The molecule has 11 nitrogen and oxygen atoms in total. The molecule has 1 saturated carbocycles. The van der Waals surface area contributed by atoms with Crippen LogP contribution in [0.5, 0.6) is 0 Å². The Bertz CT molecular complexity index is 975. The Hall–Kier alpha value is -2.02. The molecule has 12 heteroatoms. The number of H-pyrrole nitrogens is 1. The van der Waals surface area contributed by atoms with Gasteiger partial charge in [-0.3, -0.25) is 9.78 Å². The summed E-state index contributed by atoms with van der Waals surface area (Å²) in [5.74, 6) is -1.08. The van der Waals surface area contributed by atoms with Crippen LogP contribution in [0.4, 0.5) is 0 Å². The normalized spacial score (nSPS) is 28.1. The molecule has 0 spiro atoms. The van der Waals surface area contributed by atoms with Crippen molar-refractivity contribution in [2.75, 3.05) is 12.4 Å². The van der Waals surface area contributed by atoms with Crippen molar-refractivity contribution in [3.8, 4) is 0 Å². The van der Waals surface area contributed by atoms with Crippen molar-refractivity contribution < 1.29 is 24.1 Å². The molecule has 3 heterocycles. The second-order valence-corrected chi connectivity index (χ2v) is 8.62. The minimum absolute atomic E-state index is 0.149. The zero-order valence-corrected chi connectivity index (χ0v) is 17.1. The van der Waals surface area contributed by atoms with E-state index in [4.69, 9.17) is 19.3 Å². The van der Waals surface area contributed by atoms with E-state index in [1.807, 2.05) is 6.92 Å². The number of hydrogen-bond acceptors (Lipinski definition) is 9. The van der Waals surface area contributed by atoms with Crippen LogP contribution in [0.1, 0.15) is 39.7 Å². The van der Waals surface area contributed by atoms with Gasteiger partial charge in [0.2, 0.25) is 0 Å². The molecular weight excluding hydrogens is 402 g/mol. The molecule has 2 fully saturated rings. The summed E-state index contributed by atoms with van der Waals surface area (Å²) in [6.07, 6.45) is -0.0217. The van der Waals surface area contributed by atoms with Gasteiger partial charge in [-0.15, -0.1) is 5.10 Å². The molecule has 29 heavy (non-hydrogen) atoms. The summed E-state index contributed by atoms with van der Waals surface area (Å²) >= 11 is 1.45. The van der Waals surface area contributed by atoms with E-state index in [1.54, 1.807) is 18.5 Å². The molecule has 1 aliphatic carbocycles. The van der Waals surface area contributed by atoms with Crippen molar-refractivity contribution in [2.45, 2.75) is 68.9 Å². The van der Waals surface area contributed by atoms with Gasteiger partial charge < -0.3 is 19.3 Å². The molecule has 2 aromatic heterocycles. The zero-order chi connectivity index (χ0) is 20.8. The number of fused-ring (bicyclic) bond motifs is 2. The van der Waals surface area contributed by atoms with Crippen LogP contribution < -0.4 is 5.56 Å². The maximum Gasteiger partial charge on any atom is 0.329 e. The number of rotatable bonds is 7. The maximum atomic E-state index is 12.4. The fourth-order valence-electron chi connectivity index (χ4n) is 3.80. The maximum absolute atomic E-state index is 12.4. The highest BCUT2D eigenvalue weighted by Gasteiger charge is 2.56. The first kappa shape index (κ1) is 20.3. The molecule has 0 bridgehead atoms. The van der Waals surface area contributed by atoms with Crippen LogP contribution in [0.25, 0.3) is 11.2 Å². The van der Waals surface area contributed by atoms with Crippen LogP contribution in [0.3, 0.4) is 0 Å². The SMILES string of the molecule is CCCSc1nc2c(nnn2[C@@H]2C[C@H](OCC(=O)O)[C@H]3OC(C)(C)O[C@H]32)c(=O)[nH]1. The summed E-state index contributed by atoms with van der Waals surface area (Å²) < 4.78 is 19.2. The molecule has 0 unspecified atom stereocenters. The minimum atomic E-state index is -1.06. The van der Waals surface area contributed by atoms with Gasteiger partial charge in [0.1, 0.15) is 18.8 Å². The number of nitrogens with one attached hydrogen (secondary N) is 1. The predicted molar refractivity (Wildman–Crippen MR) is 102 cm³/mol. The van der Waals surface area contributed by atoms with Crippen LogP contribution in [0.2, 0.25) is 0 Å². The van der Waals surface area contributed by atoms with Gasteiger partial charge in [-0.2, -0.15) is 0 Å². The smallest absolute Gasteiger partial charge is 0.329 e. The average molecular weight is 425 g/mol. The van der Waals surface area contributed by atoms with E-state index >= 15 is 0 Å². The molecule has 0 aromatic carbocycles. The number of carboxylic acid groups (broad SMARTS) is 1. The lowest BCUT2D eigenvalue weighted by Crippen LogP contribution is -2.32. The third-order valence-electron chi connectivity index (χ3n) is 4.87. The first-order chi connectivity index (χ1) is 13.8. The van der Waals surface area contributed by atoms with Gasteiger partial charge in [-0.1, -0.05) is 23.9 Å². The molecule has 1 saturated heterocycles. The summed E-state index contributed by atoms with van der Waals surface area (Å²) in [4.78, 5) is 30.6. The predicted octanol–water partition coefficient (Wildman–Crippen LogP) is 0.951. The average Bonchev–Trinajstić information content (AvgIpc) is 3.29. The molecule has 2 aliphatic rings. The summed E-state index contributed by atoms with van der Waals surface area (Å²) in [6.45, 7) is 5.19. The third-order valence-corrected chi connectivity index (χ3v) is 5.95. The van der Waals surface area contributed by atoms with Crippen molar-refractivity contribution in [2.24, 2.45) is 0 Å². The fourth-order valence-corrected chi connectivity index (χ4v) is 4.51. The van der Waals surface area contributed by atoms with Gasteiger partial charge in [-0.05, 0) is 20.3 Å². The van der Waals surface area contributed by atoms with E-state index in [-0.39, 0.29) is 17.1 Å². The number of thioether (sulfide) groups is 1. The molecule has 0 radical (unpaired) electrons. The molecule has 1 aliphatic heterocycles. The van der Waals surface area contributed by atoms with Gasteiger partial charge >= 0.3 is 5.97 Å². The van der Waals surface area contributed by atoms with Gasteiger partial charge in [0, 0.05) is 12.2 Å². The molecular formula is C17H23N5O6S. The zero-order valence-electron chi connectivity index (χ0n) is 16.3. The first-order valence-electron chi connectivity index (χ1n) is 9.46. The van der Waals surface area contributed by atoms with E-state index in [9.17, 15) is 9.59 Å². The van der Waals surface area contributed by atoms with Gasteiger partial charge in [0.25, 0.3) is 5.56 Å². The number of aromatic nitrogens is 5. The highest BCUT2D eigenvalue weighted by molar-refractivity contribution is 7.99. The lowest BCUT2D eigenvalue weighted by molar-refractivity contribution is -0.173. The van der Waals surface area contributed by atoms with E-state index in [2.05, 4.69) is 20.3 Å². The highest BCUT2D eigenvalue weighted by Crippen LogP contribution is 2.45. The van der Waals surface area contributed by atoms with Crippen LogP contribution in [-0.4, -0.2) is 72.5 Å². The van der Waals surface area contributed by atoms with Crippen molar-refractivity contribution in [3.63, 3.8) is 0 Å². The Labute approximate surface area is 170 Å². The minimum Gasteiger partial charge on any atom is -0.480 e. The number of carbonyl (C=O) groups is 1. The molecule has 2 N–H and O–H groups in total. The van der Waals surface area contributed by atoms with Gasteiger partial charge in [0.05, 0.1) is 12.1 Å². The van der Waals surface area contributed by atoms with Gasteiger partial charge in [-0.25, -0.2) is 14.5 Å².